The SMILES string of the molecule is CCCC1=C(C(=O)OCC)[C@H](c2ccc3c(c2)OCO3)n2c(s/c(=C/c3ccc(N4CCC(C)CC4)o3)c2=O)=N1. The molecule has 210 valence electrons. The van der Waals surface area contributed by atoms with Gasteiger partial charge in [0, 0.05) is 25.2 Å². The number of aromatic nitrogens is 1. The molecule has 1 saturated heterocycles. The molecule has 1 aromatic carbocycles. The monoisotopic (exact) mass is 563 g/mol. The summed E-state index contributed by atoms with van der Waals surface area (Å²) in [6.07, 6.45) is 5.41. The molecular formula is C30H33N3O6S. The van der Waals surface area contributed by atoms with Crippen LogP contribution in [-0.4, -0.2) is 37.0 Å². The first kappa shape index (κ1) is 26.4. The molecule has 6 rings (SSSR count). The van der Waals surface area contributed by atoms with Gasteiger partial charge in [-0.05, 0) is 55.9 Å². The van der Waals surface area contributed by atoms with Gasteiger partial charge in [-0.3, -0.25) is 9.36 Å². The zero-order valence-corrected chi connectivity index (χ0v) is 23.8. The molecule has 0 aliphatic carbocycles. The number of nitrogens with zero attached hydrogens (tertiary/aromatic N) is 3. The van der Waals surface area contributed by atoms with Gasteiger partial charge in [0.1, 0.15) is 5.76 Å². The Morgan fingerprint density at radius 3 is 2.73 bits per heavy atom. The van der Waals surface area contributed by atoms with Crippen molar-refractivity contribution in [3.8, 4) is 11.5 Å². The average Bonchev–Trinajstić information content (AvgIpc) is 3.68. The number of furan rings is 1. The third-order valence-corrected chi connectivity index (χ3v) is 8.57. The lowest BCUT2D eigenvalue weighted by Crippen LogP contribution is -2.40. The zero-order chi connectivity index (χ0) is 27.8. The summed E-state index contributed by atoms with van der Waals surface area (Å²) in [5, 5.41) is 0. The predicted molar refractivity (Wildman–Crippen MR) is 152 cm³/mol. The second-order valence-corrected chi connectivity index (χ2v) is 11.4. The van der Waals surface area contributed by atoms with Crippen LogP contribution in [0.3, 0.4) is 0 Å². The maximum absolute atomic E-state index is 14.0. The number of anilines is 1. The van der Waals surface area contributed by atoms with Crippen LogP contribution >= 0.6 is 11.3 Å². The van der Waals surface area contributed by atoms with Gasteiger partial charge in [0.25, 0.3) is 5.56 Å². The maximum atomic E-state index is 14.0. The van der Waals surface area contributed by atoms with E-state index in [1.807, 2.05) is 37.3 Å². The van der Waals surface area contributed by atoms with E-state index in [0.29, 0.717) is 44.3 Å². The van der Waals surface area contributed by atoms with Crippen molar-refractivity contribution in [3.05, 3.63) is 72.6 Å². The third-order valence-electron chi connectivity index (χ3n) is 7.59. The number of rotatable bonds is 7. The number of hydrogen-bond donors (Lipinski definition) is 0. The Hall–Kier alpha value is -3.79. The lowest BCUT2D eigenvalue weighted by Gasteiger charge is -2.29. The molecule has 0 radical (unpaired) electrons. The number of carbonyl (C=O) groups excluding carboxylic acids is 1. The van der Waals surface area contributed by atoms with Gasteiger partial charge in [0.15, 0.2) is 22.2 Å². The van der Waals surface area contributed by atoms with E-state index >= 15 is 0 Å². The average molecular weight is 564 g/mol. The summed E-state index contributed by atoms with van der Waals surface area (Å²) in [5.74, 6) is 2.88. The molecular weight excluding hydrogens is 530 g/mol. The van der Waals surface area contributed by atoms with E-state index < -0.39 is 12.0 Å². The Kier molecular flexibility index (Phi) is 7.27. The summed E-state index contributed by atoms with van der Waals surface area (Å²) in [4.78, 5) is 34.9. The smallest absolute Gasteiger partial charge is 0.338 e. The minimum absolute atomic E-state index is 0.130. The standard InChI is InChI=1S/C30H33N3O6S/c1-4-6-21-26(29(35)36-5-2)27(19-7-9-22-23(15-19)38-17-37-22)33-28(34)24(40-30(33)31-21)16-20-8-10-25(39-20)32-13-11-18(3)12-14-32/h7-10,15-16,18,27H,4-6,11-14,17H2,1-3H3/b24-16+/t27-/m0/s1. The van der Waals surface area contributed by atoms with E-state index in [1.165, 1.54) is 11.3 Å². The molecule has 3 aliphatic heterocycles. The molecule has 5 heterocycles. The number of esters is 1. The number of benzene rings is 1. The number of piperidine rings is 1. The second-order valence-electron chi connectivity index (χ2n) is 10.4. The molecule has 3 aromatic rings. The summed E-state index contributed by atoms with van der Waals surface area (Å²) in [5.41, 5.74) is 1.49. The van der Waals surface area contributed by atoms with E-state index in [4.69, 9.17) is 23.6 Å². The molecule has 0 N–H and O–H groups in total. The largest absolute Gasteiger partial charge is 0.463 e. The quantitative estimate of drug-likeness (QED) is 0.399. The summed E-state index contributed by atoms with van der Waals surface area (Å²) in [6.45, 7) is 8.35. The molecule has 0 bridgehead atoms. The zero-order valence-electron chi connectivity index (χ0n) is 23.0. The summed E-state index contributed by atoms with van der Waals surface area (Å²) in [7, 11) is 0. The number of allylic oxidation sites excluding steroid dienone is 1. The summed E-state index contributed by atoms with van der Waals surface area (Å²) >= 11 is 1.29. The minimum atomic E-state index is -0.712. The van der Waals surface area contributed by atoms with Crippen LogP contribution < -0.4 is 29.3 Å². The van der Waals surface area contributed by atoms with Crippen LogP contribution in [0.5, 0.6) is 11.5 Å². The van der Waals surface area contributed by atoms with Gasteiger partial charge in [-0.15, -0.1) is 0 Å². The Morgan fingerprint density at radius 2 is 1.95 bits per heavy atom. The number of fused-ring (bicyclic) bond motifs is 2. The fourth-order valence-electron chi connectivity index (χ4n) is 5.47. The van der Waals surface area contributed by atoms with Crippen LogP contribution in [0.1, 0.15) is 63.8 Å². The fraction of sp³-hybridized carbons (Fsp3) is 0.433. The van der Waals surface area contributed by atoms with Crippen molar-refractivity contribution in [2.75, 3.05) is 31.4 Å². The normalized spacial score (nSPS) is 19.1. The summed E-state index contributed by atoms with van der Waals surface area (Å²) < 4.78 is 24.8. The molecule has 3 aliphatic rings. The highest BCUT2D eigenvalue weighted by atomic mass is 32.1. The molecule has 9 nitrogen and oxygen atoms in total. The number of ether oxygens (including phenoxy) is 3. The van der Waals surface area contributed by atoms with E-state index in [2.05, 4.69) is 11.8 Å². The minimum Gasteiger partial charge on any atom is -0.463 e. The molecule has 10 heteroatoms. The molecule has 40 heavy (non-hydrogen) atoms. The van der Waals surface area contributed by atoms with Gasteiger partial charge >= 0.3 is 5.97 Å². The van der Waals surface area contributed by atoms with Crippen molar-refractivity contribution in [2.24, 2.45) is 10.9 Å². The molecule has 0 spiro atoms. The number of thiazole rings is 1. The van der Waals surface area contributed by atoms with Crippen LogP contribution in [0, 0.1) is 5.92 Å². The fourth-order valence-corrected chi connectivity index (χ4v) is 6.47. The molecule has 1 fully saturated rings. The molecule has 0 saturated carbocycles. The Bertz CT molecular complexity index is 1640. The Labute approximate surface area is 236 Å². The van der Waals surface area contributed by atoms with Crippen molar-refractivity contribution in [2.45, 2.75) is 52.5 Å². The Morgan fingerprint density at radius 1 is 1.15 bits per heavy atom. The molecule has 0 unspecified atom stereocenters. The second kappa shape index (κ2) is 11.0. The van der Waals surface area contributed by atoms with Crippen LogP contribution in [0.25, 0.3) is 6.08 Å². The predicted octanol–water partition coefficient (Wildman–Crippen LogP) is 4.14. The van der Waals surface area contributed by atoms with Crippen LogP contribution in [0.2, 0.25) is 0 Å². The van der Waals surface area contributed by atoms with Crippen molar-refractivity contribution in [1.82, 2.24) is 4.57 Å². The van der Waals surface area contributed by atoms with Gasteiger partial charge in [0.05, 0.1) is 28.5 Å². The van der Waals surface area contributed by atoms with E-state index in [9.17, 15) is 9.59 Å². The van der Waals surface area contributed by atoms with Crippen molar-refractivity contribution >= 4 is 29.3 Å². The van der Waals surface area contributed by atoms with E-state index in [0.717, 1.165) is 49.7 Å². The third kappa shape index (κ3) is 4.85. The van der Waals surface area contributed by atoms with E-state index in [-0.39, 0.29) is 19.0 Å². The van der Waals surface area contributed by atoms with Crippen LogP contribution in [0.15, 0.2) is 55.8 Å². The lowest BCUT2D eigenvalue weighted by atomic mass is 9.94. The summed E-state index contributed by atoms with van der Waals surface area (Å²) in [6, 6.07) is 8.65. The Balaban J connectivity index is 1.46. The highest BCUT2D eigenvalue weighted by Gasteiger charge is 2.35. The number of hydrogen-bond acceptors (Lipinski definition) is 9. The van der Waals surface area contributed by atoms with Crippen LogP contribution in [0.4, 0.5) is 5.88 Å². The van der Waals surface area contributed by atoms with Crippen LogP contribution in [-0.2, 0) is 9.53 Å². The first-order valence-electron chi connectivity index (χ1n) is 13.9. The first-order chi connectivity index (χ1) is 19.5. The number of carbonyl (C=O) groups is 1. The van der Waals surface area contributed by atoms with Gasteiger partial charge in [0.2, 0.25) is 6.79 Å². The highest BCUT2D eigenvalue weighted by molar-refractivity contribution is 7.07. The molecule has 2 aromatic heterocycles. The molecule has 0 amide bonds. The van der Waals surface area contributed by atoms with Crippen molar-refractivity contribution in [1.29, 1.82) is 0 Å². The molecule has 1 atom stereocenters. The maximum Gasteiger partial charge on any atom is 0.338 e. The highest BCUT2D eigenvalue weighted by Crippen LogP contribution is 2.39. The topological polar surface area (TPSA) is 95.5 Å². The van der Waals surface area contributed by atoms with Crippen molar-refractivity contribution < 1.29 is 23.4 Å². The lowest BCUT2D eigenvalue weighted by molar-refractivity contribution is -0.139. The van der Waals surface area contributed by atoms with Gasteiger partial charge in [-0.2, -0.15) is 0 Å². The van der Waals surface area contributed by atoms with Gasteiger partial charge < -0.3 is 23.5 Å². The van der Waals surface area contributed by atoms with E-state index in [1.54, 1.807) is 17.6 Å². The van der Waals surface area contributed by atoms with Crippen molar-refractivity contribution in [3.63, 3.8) is 0 Å². The van der Waals surface area contributed by atoms with Gasteiger partial charge in [-0.1, -0.05) is 37.7 Å². The van der Waals surface area contributed by atoms with Gasteiger partial charge in [-0.25, -0.2) is 9.79 Å². The first-order valence-corrected chi connectivity index (χ1v) is 14.7.